The van der Waals surface area contributed by atoms with Crippen molar-refractivity contribution >= 4 is 66.8 Å². The van der Waals surface area contributed by atoms with Crippen molar-refractivity contribution in [3.63, 3.8) is 0 Å². The zero-order valence-electron chi connectivity index (χ0n) is 18.4. The van der Waals surface area contributed by atoms with Crippen LogP contribution in [-0.4, -0.2) is 46.6 Å². The van der Waals surface area contributed by atoms with E-state index in [-0.39, 0.29) is 23.7 Å². The highest BCUT2D eigenvalue weighted by Gasteiger charge is 2.32. The van der Waals surface area contributed by atoms with Crippen LogP contribution in [0.3, 0.4) is 0 Å². The van der Waals surface area contributed by atoms with E-state index in [1.54, 1.807) is 29.3 Å². The third-order valence-corrected chi connectivity index (χ3v) is 6.75. The molecule has 0 aliphatic carbocycles. The lowest BCUT2D eigenvalue weighted by Gasteiger charge is -2.24. The topological polar surface area (TPSA) is 83.6 Å². The number of carbonyl (C=O) groups excluding carboxylic acids is 2. The molecule has 1 aliphatic heterocycles. The second-order valence-electron chi connectivity index (χ2n) is 8.80. The number of fused-ring (bicyclic) bond motifs is 1. The molecular weight excluding hydrogens is 558 g/mol. The lowest BCUT2D eigenvalue weighted by molar-refractivity contribution is 0.0290. The lowest BCUT2D eigenvalue weighted by atomic mass is 10.1. The number of nitrogens with one attached hydrogen (secondary N) is 2. The van der Waals surface area contributed by atoms with E-state index in [0.717, 1.165) is 3.57 Å². The Kier molecular flexibility index (Phi) is 6.76. The van der Waals surface area contributed by atoms with Gasteiger partial charge in [-0.2, -0.15) is 0 Å². The normalized spacial score (nSPS) is 16.2. The van der Waals surface area contributed by atoms with Gasteiger partial charge in [0.05, 0.1) is 11.3 Å². The summed E-state index contributed by atoms with van der Waals surface area (Å²) in [5, 5.41) is 7.30. The van der Waals surface area contributed by atoms with E-state index in [1.807, 2.05) is 49.4 Å². The van der Waals surface area contributed by atoms with Gasteiger partial charge in [0.25, 0.3) is 5.91 Å². The number of aromatic nitrogens is 1. The maximum Gasteiger partial charge on any atom is 0.410 e. The molecule has 10 heteroatoms. The Morgan fingerprint density at radius 1 is 1.30 bits per heavy atom. The van der Waals surface area contributed by atoms with Crippen LogP contribution in [0.15, 0.2) is 36.5 Å². The predicted molar refractivity (Wildman–Crippen MR) is 136 cm³/mol. The van der Waals surface area contributed by atoms with Gasteiger partial charge in [0.15, 0.2) is 0 Å². The van der Waals surface area contributed by atoms with Crippen LogP contribution in [0.25, 0.3) is 10.2 Å². The van der Waals surface area contributed by atoms with Crippen LogP contribution >= 0.6 is 33.9 Å². The van der Waals surface area contributed by atoms with Gasteiger partial charge in [0, 0.05) is 34.3 Å². The van der Waals surface area contributed by atoms with Crippen LogP contribution in [0.5, 0.6) is 0 Å². The highest BCUT2D eigenvalue weighted by molar-refractivity contribution is 14.1. The van der Waals surface area contributed by atoms with Crippen LogP contribution < -0.4 is 10.6 Å². The summed E-state index contributed by atoms with van der Waals surface area (Å²) in [5.41, 5.74) is 0.122. The first-order chi connectivity index (χ1) is 15.6. The van der Waals surface area contributed by atoms with Gasteiger partial charge in [-0.05, 0) is 80.1 Å². The molecule has 2 aromatic heterocycles. The molecule has 174 valence electrons. The van der Waals surface area contributed by atoms with Crippen molar-refractivity contribution in [3.05, 3.63) is 51.5 Å². The number of halogens is 2. The number of likely N-dealkylation sites (tertiary alicyclic amines) is 1. The molecule has 2 N–H and O–H groups in total. The van der Waals surface area contributed by atoms with Crippen LogP contribution in [0.4, 0.5) is 19.9 Å². The fourth-order valence-corrected chi connectivity index (χ4v) is 5.09. The van der Waals surface area contributed by atoms with E-state index in [2.05, 4.69) is 15.6 Å². The Bertz CT molecular complexity index is 1210. The van der Waals surface area contributed by atoms with E-state index < -0.39 is 11.4 Å². The first-order valence-corrected chi connectivity index (χ1v) is 12.4. The summed E-state index contributed by atoms with van der Waals surface area (Å²) >= 11 is 3.34. The van der Waals surface area contributed by atoms with Crippen LogP contribution in [0.1, 0.15) is 37.6 Å². The summed E-state index contributed by atoms with van der Waals surface area (Å²) in [7, 11) is 0. The first kappa shape index (κ1) is 23.7. The van der Waals surface area contributed by atoms with Crippen molar-refractivity contribution in [2.24, 2.45) is 0 Å². The molecule has 33 heavy (non-hydrogen) atoms. The van der Waals surface area contributed by atoms with Crippen molar-refractivity contribution in [2.75, 3.05) is 18.4 Å². The molecular formula is C23H24FIN4O3S. The minimum atomic E-state index is -0.577. The number of hydrogen-bond donors (Lipinski definition) is 2. The minimum absolute atomic E-state index is 0.209. The zero-order valence-corrected chi connectivity index (χ0v) is 21.4. The van der Waals surface area contributed by atoms with Crippen molar-refractivity contribution < 1.29 is 18.7 Å². The summed E-state index contributed by atoms with van der Waals surface area (Å²) in [4.78, 5) is 32.3. The minimum Gasteiger partial charge on any atom is -0.444 e. The molecule has 1 aliphatic rings. The Morgan fingerprint density at radius 3 is 2.82 bits per heavy atom. The molecule has 3 heterocycles. The Morgan fingerprint density at radius 2 is 2.09 bits per heavy atom. The molecule has 3 aromatic rings. The fourth-order valence-electron chi connectivity index (χ4n) is 3.59. The van der Waals surface area contributed by atoms with Gasteiger partial charge >= 0.3 is 6.09 Å². The molecule has 1 fully saturated rings. The maximum absolute atomic E-state index is 14.5. The standard InChI is InChI=1S/C23H24FIN4O3S/c1-23(2,3)32-22(31)29-10-8-14(12-29)27-19(30)18-15-5-4-9-26-20(15)33-21(18)28-17-7-6-13(25)11-16(17)24/h4-7,9,11,14,28H,8,10,12H2,1-3H3,(H,27,30)/t14-/m1/s1. The first-order valence-electron chi connectivity index (χ1n) is 10.5. The van der Waals surface area contributed by atoms with Crippen LogP contribution in [-0.2, 0) is 4.74 Å². The maximum atomic E-state index is 14.5. The molecule has 7 nitrogen and oxygen atoms in total. The molecule has 0 radical (unpaired) electrons. The van der Waals surface area contributed by atoms with Gasteiger partial charge in [0.2, 0.25) is 0 Å². The van der Waals surface area contributed by atoms with Gasteiger partial charge in [-0.15, -0.1) is 0 Å². The number of rotatable bonds is 4. The SMILES string of the molecule is CC(C)(C)OC(=O)N1CC[C@@H](NC(=O)c2c(Nc3ccc(I)cc3F)sc3ncccc23)C1. The number of carbonyl (C=O) groups is 2. The molecule has 0 unspecified atom stereocenters. The van der Waals surface area contributed by atoms with Crippen molar-refractivity contribution in [2.45, 2.75) is 38.8 Å². The van der Waals surface area contributed by atoms with Gasteiger partial charge in [-0.1, -0.05) is 11.3 Å². The molecule has 1 aromatic carbocycles. The van der Waals surface area contributed by atoms with Crippen molar-refractivity contribution in [1.82, 2.24) is 15.2 Å². The van der Waals surface area contributed by atoms with Gasteiger partial charge in [-0.3, -0.25) is 4.79 Å². The molecule has 1 saturated heterocycles. The number of thiophene rings is 1. The van der Waals surface area contributed by atoms with Gasteiger partial charge in [0.1, 0.15) is 21.2 Å². The molecule has 0 spiro atoms. The third kappa shape index (κ3) is 5.55. The Balaban J connectivity index is 1.54. The fraction of sp³-hybridized carbons (Fsp3) is 0.348. The molecule has 1 atom stereocenters. The van der Waals surface area contributed by atoms with Gasteiger partial charge in [-0.25, -0.2) is 14.2 Å². The van der Waals surface area contributed by atoms with Crippen molar-refractivity contribution in [1.29, 1.82) is 0 Å². The summed E-state index contributed by atoms with van der Waals surface area (Å²) in [5.74, 6) is -0.693. The number of anilines is 2. The Hall–Kier alpha value is -2.47. The summed E-state index contributed by atoms with van der Waals surface area (Å²) in [6, 6.07) is 8.25. The third-order valence-electron chi connectivity index (χ3n) is 5.05. The zero-order chi connectivity index (χ0) is 23.8. The number of amides is 2. The van der Waals surface area contributed by atoms with E-state index in [9.17, 15) is 14.0 Å². The quantitative estimate of drug-likeness (QED) is 0.396. The monoisotopic (exact) mass is 582 g/mol. The van der Waals surface area contributed by atoms with Crippen molar-refractivity contribution in [3.8, 4) is 0 Å². The largest absolute Gasteiger partial charge is 0.444 e. The van der Waals surface area contributed by atoms with Crippen LogP contribution in [0.2, 0.25) is 0 Å². The van der Waals surface area contributed by atoms with Crippen LogP contribution in [0, 0.1) is 9.39 Å². The van der Waals surface area contributed by atoms with E-state index in [1.165, 1.54) is 17.4 Å². The number of benzene rings is 1. The highest BCUT2D eigenvalue weighted by Crippen LogP contribution is 2.37. The number of nitrogens with zero attached hydrogens (tertiary/aromatic N) is 2. The summed E-state index contributed by atoms with van der Waals surface area (Å²) in [6.45, 7) is 6.34. The molecule has 2 amide bonds. The number of hydrogen-bond acceptors (Lipinski definition) is 6. The molecule has 0 saturated carbocycles. The summed E-state index contributed by atoms with van der Waals surface area (Å²) in [6.07, 6.45) is 1.90. The Labute approximate surface area is 208 Å². The van der Waals surface area contributed by atoms with Gasteiger partial charge < -0.3 is 20.3 Å². The highest BCUT2D eigenvalue weighted by atomic mass is 127. The van der Waals surface area contributed by atoms with E-state index in [0.29, 0.717) is 40.3 Å². The number of ether oxygens (including phenoxy) is 1. The lowest BCUT2D eigenvalue weighted by Crippen LogP contribution is -2.40. The predicted octanol–water partition coefficient (Wildman–Crippen LogP) is 5.52. The second kappa shape index (κ2) is 9.41. The summed E-state index contributed by atoms with van der Waals surface area (Å²) < 4.78 is 20.7. The second-order valence-corrected chi connectivity index (χ2v) is 11.0. The van der Waals surface area contributed by atoms with E-state index in [4.69, 9.17) is 4.74 Å². The average molecular weight is 582 g/mol. The molecule has 4 rings (SSSR count). The smallest absolute Gasteiger partial charge is 0.410 e. The average Bonchev–Trinajstić information content (AvgIpc) is 3.33. The number of pyridine rings is 1. The van der Waals surface area contributed by atoms with E-state index >= 15 is 0 Å². The molecule has 0 bridgehead atoms.